The molecule has 20 heavy (non-hydrogen) atoms. The first kappa shape index (κ1) is 15.8. The second kappa shape index (κ2) is 5.40. The SMILES string of the molecule is CC(Nc1c(N)n(C)c(=O)[nH]c1=O)C(=O)NC(C)(C)C. The van der Waals surface area contributed by atoms with Gasteiger partial charge in [0.05, 0.1) is 0 Å². The Kier molecular flexibility index (Phi) is 4.26. The van der Waals surface area contributed by atoms with Gasteiger partial charge in [0, 0.05) is 12.6 Å². The molecule has 8 nitrogen and oxygen atoms in total. The number of anilines is 2. The lowest BCUT2D eigenvalue weighted by atomic mass is 10.1. The summed E-state index contributed by atoms with van der Waals surface area (Å²) in [5, 5.41) is 5.51. The number of nitrogens with zero attached hydrogens (tertiary/aromatic N) is 1. The molecule has 0 radical (unpaired) electrons. The maximum atomic E-state index is 11.9. The molecule has 112 valence electrons. The van der Waals surface area contributed by atoms with Crippen molar-refractivity contribution >= 4 is 17.4 Å². The summed E-state index contributed by atoms with van der Waals surface area (Å²) in [4.78, 5) is 37.1. The van der Waals surface area contributed by atoms with Crippen molar-refractivity contribution in [2.75, 3.05) is 11.1 Å². The number of nitrogen functional groups attached to an aromatic ring is 1. The Balaban J connectivity index is 3.00. The zero-order valence-corrected chi connectivity index (χ0v) is 12.3. The van der Waals surface area contributed by atoms with Crippen LogP contribution in [0.15, 0.2) is 9.59 Å². The molecule has 5 N–H and O–H groups in total. The molecule has 0 saturated carbocycles. The van der Waals surface area contributed by atoms with Crippen molar-refractivity contribution in [2.24, 2.45) is 7.05 Å². The van der Waals surface area contributed by atoms with E-state index >= 15 is 0 Å². The first-order valence-electron chi connectivity index (χ1n) is 6.20. The van der Waals surface area contributed by atoms with Crippen molar-refractivity contribution in [2.45, 2.75) is 39.3 Å². The third-order valence-corrected chi connectivity index (χ3v) is 2.62. The Bertz CT molecular complexity index is 623. The smallest absolute Gasteiger partial charge is 0.329 e. The van der Waals surface area contributed by atoms with Gasteiger partial charge in [0.25, 0.3) is 5.56 Å². The van der Waals surface area contributed by atoms with Crippen LogP contribution < -0.4 is 27.6 Å². The predicted molar refractivity (Wildman–Crippen MR) is 77.7 cm³/mol. The average Bonchev–Trinajstić information content (AvgIpc) is 2.29. The number of carbonyl (C=O) groups excluding carboxylic acids is 1. The van der Waals surface area contributed by atoms with Crippen LogP contribution in [-0.4, -0.2) is 27.0 Å². The Morgan fingerprint density at radius 2 is 1.90 bits per heavy atom. The number of aromatic nitrogens is 2. The van der Waals surface area contributed by atoms with E-state index in [0.717, 1.165) is 4.57 Å². The molecule has 1 heterocycles. The number of carbonyl (C=O) groups is 1. The van der Waals surface area contributed by atoms with E-state index in [4.69, 9.17) is 5.73 Å². The lowest BCUT2D eigenvalue weighted by Gasteiger charge is -2.24. The summed E-state index contributed by atoms with van der Waals surface area (Å²) in [6.45, 7) is 7.16. The Morgan fingerprint density at radius 1 is 1.35 bits per heavy atom. The molecule has 0 aliphatic carbocycles. The molecule has 1 unspecified atom stereocenters. The van der Waals surface area contributed by atoms with E-state index < -0.39 is 17.3 Å². The van der Waals surface area contributed by atoms with Crippen LogP contribution in [-0.2, 0) is 11.8 Å². The second-order valence-corrected chi connectivity index (χ2v) is 5.68. The highest BCUT2D eigenvalue weighted by atomic mass is 16.2. The number of nitrogens with one attached hydrogen (secondary N) is 3. The van der Waals surface area contributed by atoms with Crippen LogP contribution in [0.25, 0.3) is 0 Å². The van der Waals surface area contributed by atoms with Gasteiger partial charge in [-0.1, -0.05) is 0 Å². The standard InChI is InChI=1S/C12H21N5O3/c1-6(9(18)16-12(2,3)4)14-7-8(13)17(5)11(20)15-10(7)19/h6,14H,13H2,1-5H3,(H,16,18)(H,15,19,20). The summed E-state index contributed by atoms with van der Waals surface area (Å²) in [5.41, 5.74) is 4.07. The van der Waals surface area contributed by atoms with Crippen LogP contribution in [0, 0.1) is 0 Å². The van der Waals surface area contributed by atoms with E-state index in [9.17, 15) is 14.4 Å². The summed E-state index contributed by atoms with van der Waals surface area (Å²) in [6, 6.07) is -0.671. The Morgan fingerprint density at radius 3 is 2.40 bits per heavy atom. The summed E-state index contributed by atoms with van der Waals surface area (Å²) in [5.74, 6) is -0.292. The summed E-state index contributed by atoms with van der Waals surface area (Å²) in [6.07, 6.45) is 0. The molecule has 1 aromatic rings. The molecular formula is C12H21N5O3. The van der Waals surface area contributed by atoms with Crippen molar-refractivity contribution in [3.8, 4) is 0 Å². The van der Waals surface area contributed by atoms with E-state index in [0.29, 0.717) is 0 Å². The normalized spacial score (nSPS) is 12.8. The van der Waals surface area contributed by atoms with Gasteiger partial charge in [-0.3, -0.25) is 19.1 Å². The van der Waals surface area contributed by atoms with Gasteiger partial charge in [-0.25, -0.2) is 4.79 Å². The highest BCUT2D eigenvalue weighted by molar-refractivity contribution is 5.85. The van der Waals surface area contributed by atoms with Gasteiger partial charge in [-0.2, -0.15) is 0 Å². The fourth-order valence-electron chi connectivity index (χ4n) is 1.54. The van der Waals surface area contributed by atoms with Crippen molar-refractivity contribution in [3.63, 3.8) is 0 Å². The highest BCUT2D eigenvalue weighted by Crippen LogP contribution is 2.10. The molecule has 0 fully saturated rings. The molecule has 0 aliphatic heterocycles. The molecule has 1 aromatic heterocycles. The minimum atomic E-state index is -0.671. The molecule has 1 amide bonds. The maximum absolute atomic E-state index is 11.9. The molecular weight excluding hydrogens is 262 g/mol. The summed E-state index contributed by atoms with van der Waals surface area (Å²) >= 11 is 0. The van der Waals surface area contributed by atoms with Gasteiger partial charge < -0.3 is 16.4 Å². The Hall–Kier alpha value is -2.25. The van der Waals surface area contributed by atoms with Crippen LogP contribution in [0.3, 0.4) is 0 Å². The van der Waals surface area contributed by atoms with E-state index in [1.54, 1.807) is 6.92 Å². The van der Waals surface area contributed by atoms with Crippen LogP contribution in [0.1, 0.15) is 27.7 Å². The molecule has 1 rings (SSSR count). The number of rotatable bonds is 3. The quantitative estimate of drug-likeness (QED) is 0.588. The monoisotopic (exact) mass is 283 g/mol. The summed E-state index contributed by atoms with van der Waals surface area (Å²) < 4.78 is 1.10. The zero-order valence-electron chi connectivity index (χ0n) is 12.3. The highest BCUT2D eigenvalue weighted by Gasteiger charge is 2.21. The van der Waals surface area contributed by atoms with Crippen molar-refractivity contribution in [1.82, 2.24) is 14.9 Å². The van der Waals surface area contributed by atoms with Gasteiger partial charge >= 0.3 is 5.69 Å². The molecule has 0 aliphatic rings. The number of nitrogens with two attached hydrogens (primary N) is 1. The molecule has 0 bridgehead atoms. The molecule has 0 saturated heterocycles. The van der Waals surface area contributed by atoms with Crippen LogP contribution in [0.5, 0.6) is 0 Å². The van der Waals surface area contributed by atoms with Crippen molar-refractivity contribution in [1.29, 1.82) is 0 Å². The van der Waals surface area contributed by atoms with E-state index in [-0.39, 0.29) is 23.0 Å². The third-order valence-electron chi connectivity index (χ3n) is 2.62. The lowest BCUT2D eigenvalue weighted by Crippen LogP contribution is -2.48. The second-order valence-electron chi connectivity index (χ2n) is 5.68. The maximum Gasteiger partial charge on any atom is 0.329 e. The van der Waals surface area contributed by atoms with Crippen LogP contribution >= 0.6 is 0 Å². The third kappa shape index (κ3) is 3.62. The van der Waals surface area contributed by atoms with Gasteiger partial charge in [-0.05, 0) is 27.7 Å². The van der Waals surface area contributed by atoms with Crippen LogP contribution in [0.4, 0.5) is 11.5 Å². The number of hydrogen-bond acceptors (Lipinski definition) is 5. The van der Waals surface area contributed by atoms with E-state index in [1.807, 2.05) is 20.8 Å². The van der Waals surface area contributed by atoms with Crippen molar-refractivity contribution in [3.05, 3.63) is 20.8 Å². The molecule has 1 atom stereocenters. The van der Waals surface area contributed by atoms with E-state index in [1.165, 1.54) is 7.05 Å². The minimum absolute atomic E-state index is 0.00339. The van der Waals surface area contributed by atoms with Crippen molar-refractivity contribution < 1.29 is 4.79 Å². The number of hydrogen-bond donors (Lipinski definition) is 4. The predicted octanol–water partition coefficient (Wildman–Crippen LogP) is -0.629. The fourth-order valence-corrected chi connectivity index (χ4v) is 1.54. The van der Waals surface area contributed by atoms with Crippen LogP contribution in [0.2, 0.25) is 0 Å². The molecule has 0 aromatic carbocycles. The molecule has 0 spiro atoms. The number of amides is 1. The van der Waals surface area contributed by atoms with E-state index in [2.05, 4.69) is 15.6 Å². The average molecular weight is 283 g/mol. The zero-order chi connectivity index (χ0) is 15.7. The number of aromatic amines is 1. The summed E-state index contributed by atoms with van der Waals surface area (Å²) in [7, 11) is 1.43. The van der Waals surface area contributed by atoms with Gasteiger partial charge in [0.2, 0.25) is 5.91 Å². The largest absolute Gasteiger partial charge is 0.383 e. The Labute approximate surface area is 116 Å². The van der Waals surface area contributed by atoms with Gasteiger partial charge in [0.1, 0.15) is 17.5 Å². The lowest BCUT2D eigenvalue weighted by molar-refractivity contribution is -0.122. The van der Waals surface area contributed by atoms with Gasteiger partial charge in [-0.15, -0.1) is 0 Å². The first-order valence-corrected chi connectivity index (χ1v) is 6.20. The molecule has 8 heteroatoms. The fraction of sp³-hybridized carbons (Fsp3) is 0.583. The topological polar surface area (TPSA) is 122 Å². The minimum Gasteiger partial charge on any atom is -0.383 e. The number of H-pyrrole nitrogens is 1. The first-order chi connectivity index (χ1) is 9.03. The van der Waals surface area contributed by atoms with Gasteiger partial charge in [0.15, 0.2) is 0 Å².